The average molecular weight is 504 g/mol. The Bertz CT molecular complexity index is 608. The molecule has 1 aliphatic rings. The molecule has 6 nitrogen and oxygen atoms in total. The van der Waals surface area contributed by atoms with Crippen LogP contribution in [-0.4, -0.2) is 62.2 Å². The van der Waals surface area contributed by atoms with Gasteiger partial charge < -0.3 is 25.0 Å². The molecule has 1 saturated heterocycles. The summed E-state index contributed by atoms with van der Waals surface area (Å²) < 4.78 is 11.4. The van der Waals surface area contributed by atoms with E-state index in [-0.39, 0.29) is 24.0 Å². The molecule has 1 unspecified atom stereocenters. The number of guanidine groups is 1. The maximum absolute atomic E-state index is 6.19. The maximum atomic E-state index is 6.19. The zero-order valence-corrected chi connectivity index (χ0v) is 20.1. The predicted molar refractivity (Wildman–Crippen MR) is 127 cm³/mol. The Balaban J connectivity index is 0.00000392. The molecular weight excluding hydrogens is 467 g/mol. The van der Waals surface area contributed by atoms with Gasteiger partial charge in [0.1, 0.15) is 6.61 Å². The molecule has 0 aromatic heterocycles. The number of methoxy groups -OCH3 is 1. The second-order valence-corrected chi connectivity index (χ2v) is 7.23. The number of hydrogen-bond acceptors (Lipinski definition) is 4. The molecule has 1 heterocycles. The lowest BCUT2D eigenvalue weighted by Gasteiger charge is -2.31. The Hall–Kier alpha value is -1.22. The summed E-state index contributed by atoms with van der Waals surface area (Å²) in [4.78, 5) is 9.11. The number of nitrogens with two attached hydrogens (primary N) is 1. The van der Waals surface area contributed by atoms with Crippen molar-refractivity contribution in [2.45, 2.75) is 40.2 Å². The molecule has 28 heavy (non-hydrogen) atoms. The number of piperidine rings is 1. The van der Waals surface area contributed by atoms with Gasteiger partial charge in [-0.05, 0) is 49.5 Å². The lowest BCUT2D eigenvalue weighted by atomic mass is 10.0. The van der Waals surface area contributed by atoms with Gasteiger partial charge in [0.2, 0.25) is 0 Å². The maximum Gasteiger partial charge on any atom is 0.191 e. The predicted octanol–water partition coefficient (Wildman–Crippen LogP) is 3.58. The van der Waals surface area contributed by atoms with Crippen molar-refractivity contribution in [3.05, 3.63) is 23.8 Å². The van der Waals surface area contributed by atoms with Gasteiger partial charge in [-0.1, -0.05) is 26.8 Å². The van der Waals surface area contributed by atoms with E-state index in [1.54, 1.807) is 7.11 Å². The lowest BCUT2D eigenvalue weighted by molar-refractivity contribution is 0.217. The van der Waals surface area contributed by atoms with E-state index in [1.807, 2.05) is 18.2 Å². The average Bonchev–Trinajstić information content (AvgIpc) is 2.69. The number of rotatable bonds is 9. The molecule has 160 valence electrons. The smallest absolute Gasteiger partial charge is 0.191 e. The van der Waals surface area contributed by atoms with Crippen molar-refractivity contribution in [2.24, 2.45) is 16.6 Å². The molecule has 1 aromatic carbocycles. The van der Waals surface area contributed by atoms with Crippen molar-refractivity contribution in [3.63, 3.8) is 0 Å². The first kappa shape index (κ1) is 24.8. The number of benzene rings is 1. The molecule has 0 bridgehead atoms. The minimum Gasteiger partial charge on any atom is -0.493 e. The quantitative estimate of drug-likeness (QED) is 0.317. The number of halogens is 1. The minimum atomic E-state index is 0. The highest BCUT2D eigenvalue weighted by Crippen LogP contribution is 2.28. The van der Waals surface area contributed by atoms with Crippen LogP contribution in [0.15, 0.2) is 23.2 Å². The van der Waals surface area contributed by atoms with Crippen molar-refractivity contribution in [1.82, 2.24) is 9.80 Å². The normalized spacial score (nSPS) is 17.4. The molecule has 2 rings (SSSR count). The van der Waals surface area contributed by atoms with Crippen molar-refractivity contribution < 1.29 is 9.47 Å². The van der Waals surface area contributed by atoms with Gasteiger partial charge in [0, 0.05) is 19.6 Å². The fourth-order valence-electron chi connectivity index (χ4n) is 3.42. The highest BCUT2D eigenvalue weighted by molar-refractivity contribution is 14.0. The zero-order valence-electron chi connectivity index (χ0n) is 17.8. The summed E-state index contributed by atoms with van der Waals surface area (Å²) in [5.74, 6) is 2.84. The van der Waals surface area contributed by atoms with Gasteiger partial charge in [-0.3, -0.25) is 0 Å². The van der Waals surface area contributed by atoms with E-state index < -0.39 is 0 Å². The van der Waals surface area contributed by atoms with Crippen LogP contribution in [0.5, 0.6) is 11.5 Å². The number of hydrogen-bond donors (Lipinski definition) is 1. The molecule has 2 N–H and O–H groups in total. The van der Waals surface area contributed by atoms with Gasteiger partial charge in [0.25, 0.3) is 0 Å². The van der Waals surface area contributed by atoms with Crippen LogP contribution in [0, 0.1) is 5.92 Å². The van der Waals surface area contributed by atoms with Crippen molar-refractivity contribution in [2.75, 3.05) is 46.4 Å². The third kappa shape index (κ3) is 7.66. The Labute approximate surface area is 187 Å². The van der Waals surface area contributed by atoms with Crippen LogP contribution in [0.2, 0.25) is 0 Å². The van der Waals surface area contributed by atoms with E-state index in [0.29, 0.717) is 25.0 Å². The SMILES string of the molecule is CCN(CC)CCOc1ccc(CN=C(N)N2CCCC(C)C2)cc1OC.I. The molecule has 0 radical (unpaired) electrons. The van der Waals surface area contributed by atoms with Crippen LogP contribution in [-0.2, 0) is 6.54 Å². The molecule has 1 aliphatic heterocycles. The summed E-state index contributed by atoms with van der Waals surface area (Å²) in [7, 11) is 1.67. The lowest BCUT2D eigenvalue weighted by Crippen LogP contribution is -2.43. The molecule has 0 amide bonds. The topological polar surface area (TPSA) is 63.3 Å². The highest BCUT2D eigenvalue weighted by Gasteiger charge is 2.17. The Kier molecular flexibility index (Phi) is 11.6. The zero-order chi connectivity index (χ0) is 19.6. The summed E-state index contributed by atoms with van der Waals surface area (Å²) in [6.45, 7) is 12.8. The molecule has 0 spiro atoms. The second-order valence-electron chi connectivity index (χ2n) is 7.23. The van der Waals surface area contributed by atoms with Gasteiger partial charge in [-0.2, -0.15) is 0 Å². The van der Waals surface area contributed by atoms with Crippen LogP contribution < -0.4 is 15.2 Å². The van der Waals surface area contributed by atoms with E-state index in [1.165, 1.54) is 12.8 Å². The van der Waals surface area contributed by atoms with Crippen LogP contribution in [0.3, 0.4) is 0 Å². The van der Waals surface area contributed by atoms with Gasteiger partial charge >= 0.3 is 0 Å². The largest absolute Gasteiger partial charge is 0.493 e. The summed E-state index contributed by atoms with van der Waals surface area (Å²) in [6.07, 6.45) is 2.46. The van der Waals surface area contributed by atoms with Gasteiger partial charge in [0.15, 0.2) is 17.5 Å². The molecule has 1 aromatic rings. The standard InChI is InChI=1S/C21H36N4O2.HI/c1-5-24(6-2)12-13-27-19-10-9-18(14-20(19)26-4)15-23-21(22)25-11-7-8-17(3)16-25;/h9-10,14,17H,5-8,11-13,15-16H2,1-4H3,(H2,22,23);1H. The first-order valence-electron chi connectivity index (χ1n) is 10.1. The van der Waals surface area contributed by atoms with E-state index in [9.17, 15) is 0 Å². The fraction of sp³-hybridized carbons (Fsp3) is 0.667. The first-order chi connectivity index (χ1) is 13.1. The Morgan fingerprint density at radius 1 is 1.29 bits per heavy atom. The number of aliphatic imine (C=N–C) groups is 1. The Morgan fingerprint density at radius 3 is 2.68 bits per heavy atom. The van der Waals surface area contributed by atoms with E-state index in [2.05, 4.69) is 35.6 Å². The van der Waals surface area contributed by atoms with Gasteiger partial charge in [-0.25, -0.2) is 4.99 Å². The summed E-state index contributed by atoms with van der Waals surface area (Å²) in [5.41, 5.74) is 7.26. The van der Waals surface area contributed by atoms with E-state index in [0.717, 1.165) is 49.8 Å². The number of likely N-dealkylation sites (tertiary alicyclic amines) is 1. The van der Waals surface area contributed by atoms with Gasteiger partial charge in [0.05, 0.1) is 13.7 Å². The van der Waals surface area contributed by atoms with E-state index >= 15 is 0 Å². The molecule has 1 atom stereocenters. The monoisotopic (exact) mass is 504 g/mol. The van der Waals surface area contributed by atoms with Crippen molar-refractivity contribution in [1.29, 1.82) is 0 Å². The van der Waals surface area contributed by atoms with Crippen LogP contribution in [0.25, 0.3) is 0 Å². The van der Waals surface area contributed by atoms with Crippen LogP contribution in [0.1, 0.15) is 39.2 Å². The summed E-state index contributed by atoms with van der Waals surface area (Å²) >= 11 is 0. The van der Waals surface area contributed by atoms with Crippen LogP contribution in [0.4, 0.5) is 0 Å². The molecular formula is C21H37IN4O2. The number of ether oxygens (including phenoxy) is 2. The fourth-order valence-corrected chi connectivity index (χ4v) is 3.42. The number of nitrogens with zero attached hydrogens (tertiary/aromatic N) is 3. The van der Waals surface area contributed by atoms with E-state index in [4.69, 9.17) is 15.2 Å². The molecule has 0 saturated carbocycles. The van der Waals surface area contributed by atoms with Gasteiger partial charge in [-0.15, -0.1) is 24.0 Å². The molecule has 7 heteroatoms. The summed E-state index contributed by atoms with van der Waals surface area (Å²) in [6, 6.07) is 5.98. The second kappa shape index (κ2) is 13.1. The Morgan fingerprint density at radius 2 is 2.04 bits per heavy atom. The summed E-state index contributed by atoms with van der Waals surface area (Å²) in [5, 5.41) is 0. The van der Waals surface area contributed by atoms with Crippen LogP contribution >= 0.6 is 24.0 Å². The highest BCUT2D eigenvalue weighted by atomic mass is 127. The molecule has 1 fully saturated rings. The van der Waals surface area contributed by atoms with Crippen molar-refractivity contribution in [3.8, 4) is 11.5 Å². The molecule has 0 aliphatic carbocycles. The van der Waals surface area contributed by atoms with Crippen molar-refractivity contribution >= 4 is 29.9 Å². The first-order valence-corrected chi connectivity index (χ1v) is 10.1. The third-order valence-electron chi connectivity index (χ3n) is 5.19. The third-order valence-corrected chi connectivity index (χ3v) is 5.19. The number of likely N-dealkylation sites (N-methyl/N-ethyl adjacent to an activating group) is 1. The minimum absolute atomic E-state index is 0.